The summed E-state index contributed by atoms with van der Waals surface area (Å²) in [6.07, 6.45) is 0. The van der Waals surface area contributed by atoms with Crippen LogP contribution in [-0.2, 0) is 5.41 Å². The van der Waals surface area contributed by atoms with E-state index in [4.69, 9.17) is 5.11 Å². The summed E-state index contributed by atoms with van der Waals surface area (Å²) in [7, 11) is 0. The third-order valence-corrected chi connectivity index (χ3v) is 3.26. The molecule has 2 nitrogen and oxygen atoms in total. The Morgan fingerprint density at radius 3 is 2.27 bits per heavy atom. The topological polar surface area (TPSA) is 37.3 Å². The van der Waals surface area contributed by atoms with E-state index in [0.717, 1.165) is 15.6 Å². The van der Waals surface area contributed by atoms with Crippen LogP contribution in [0.5, 0.6) is 0 Å². The summed E-state index contributed by atoms with van der Waals surface area (Å²) in [5.74, 6) is -0.876. The van der Waals surface area contributed by atoms with Crippen molar-refractivity contribution in [3.05, 3.63) is 33.3 Å². The van der Waals surface area contributed by atoms with E-state index in [1.54, 1.807) is 13.0 Å². The number of hydrogen-bond acceptors (Lipinski definition) is 1. The molecule has 0 aliphatic rings. The number of aromatic carboxylic acids is 1. The highest BCUT2D eigenvalue weighted by Crippen LogP contribution is 2.29. The number of carbonyl (C=O) groups is 1. The summed E-state index contributed by atoms with van der Waals surface area (Å²) >= 11 is 3.39. The molecule has 0 aliphatic carbocycles. The Bertz CT molecular complexity index is 403. The van der Waals surface area contributed by atoms with E-state index < -0.39 is 5.97 Å². The maximum Gasteiger partial charge on any atom is 0.336 e. The van der Waals surface area contributed by atoms with Gasteiger partial charge >= 0.3 is 5.97 Å². The van der Waals surface area contributed by atoms with Crippen LogP contribution in [0, 0.1) is 6.92 Å². The molecule has 0 unspecified atom stereocenters. The van der Waals surface area contributed by atoms with Crippen LogP contribution in [0.3, 0.4) is 0 Å². The zero-order chi connectivity index (χ0) is 11.8. The molecule has 1 rings (SSSR count). The molecule has 1 aromatic rings. The number of halogens is 1. The Kier molecular flexibility index (Phi) is 3.24. The largest absolute Gasteiger partial charge is 0.478 e. The Hall–Kier alpha value is -0.830. The van der Waals surface area contributed by atoms with Gasteiger partial charge in [0.25, 0.3) is 0 Å². The standard InChI is InChI=1S/C12H15BrO2/c1-7-9(11(14)15)5-8(6-10(7)13)12(2,3)4/h5-6H,1-4H3,(H,14,15). The molecular weight excluding hydrogens is 256 g/mol. The van der Waals surface area contributed by atoms with Crippen LogP contribution in [0.1, 0.15) is 42.3 Å². The second-order valence-electron chi connectivity index (χ2n) is 4.69. The van der Waals surface area contributed by atoms with Gasteiger partial charge in [-0.25, -0.2) is 4.79 Å². The molecule has 0 fully saturated rings. The Labute approximate surface area is 98.4 Å². The molecular formula is C12H15BrO2. The highest BCUT2D eigenvalue weighted by Gasteiger charge is 2.19. The number of rotatable bonds is 1. The second-order valence-corrected chi connectivity index (χ2v) is 5.54. The fourth-order valence-corrected chi connectivity index (χ4v) is 1.79. The molecule has 0 heterocycles. The van der Waals surface area contributed by atoms with Crippen molar-refractivity contribution in [2.24, 2.45) is 0 Å². The monoisotopic (exact) mass is 270 g/mol. The molecule has 15 heavy (non-hydrogen) atoms. The summed E-state index contributed by atoms with van der Waals surface area (Å²) in [5.41, 5.74) is 2.13. The van der Waals surface area contributed by atoms with Gasteiger partial charge in [0, 0.05) is 4.47 Å². The number of carboxylic acid groups (broad SMARTS) is 1. The van der Waals surface area contributed by atoms with E-state index in [-0.39, 0.29) is 5.41 Å². The van der Waals surface area contributed by atoms with E-state index in [9.17, 15) is 4.79 Å². The highest BCUT2D eigenvalue weighted by molar-refractivity contribution is 9.10. The molecule has 1 N–H and O–H groups in total. The minimum Gasteiger partial charge on any atom is -0.478 e. The van der Waals surface area contributed by atoms with Crippen molar-refractivity contribution in [2.45, 2.75) is 33.1 Å². The summed E-state index contributed by atoms with van der Waals surface area (Å²) in [5, 5.41) is 9.06. The molecule has 0 radical (unpaired) electrons. The number of carboxylic acids is 1. The molecule has 0 atom stereocenters. The van der Waals surface area contributed by atoms with Gasteiger partial charge in [-0.2, -0.15) is 0 Å². The normalized spacial score (nSPS) is 11.5. The van der Waals surface area contributed by atoms with Crippen LogP contribution < -0.4 is 0 Å². The van der Waals surface area contributed by atoms with E-state index in [1.807, 2.05) is 6.07 Å². The van der Waals surface area contributed by atoms with Gasteiger partial charge in [-0.15, -0.1) is 0 Å². The van der Waals surface area contributed by atoms with E-state index >= 15 is 0 Å². The molecule has 0 bridgehead atoms. The third kappa shape index (κ3) is 2.59. The minimum atomic E-state index is -0.876. The predicted molar refractivity (Wildman–Crippen MR) is 64.5 cm³/mol. The molecule has 82 valence electrons. The lowest BCUT2D eigenvalue weighted by Gasteiger charge is -2.20. The van der Waals surface area contributed by atoms with Crippen molar-refractivity contribution in [3.8, 4) is 0 Å². The fourth-order valence-electron chi connectivity index (χ4n) is 1.33. The highest BCUT2D eigenvalue weighted by atomic mass is 79.9. The molecule has 0 spiro atoms. The molecule has 1 aromatic carbocycles. The average Bonchev–Trinajstić information content (AvgIpc) is 2.06. The van der Waals surface area contributed by atoms with Crippen LogP contribution in [0.4, 0.5) is 0 Å². The van der Waals surface area contributed by atoms with Gasteiger partial charge in [0.2, 0.25) is 0 Å². The SMILES string of the molecule is Cc1c(Br)cc(C(C)(C)C)cc1C(=O)O. The van der Waals surface area contributed by atoms with Crippen LogP contribution in [-0.4, -0.2) is 11.1 Å². The molecule has 0 saturated heterocycles. The second kappa shape index (κ2) is 3.97. The molecule has 0 aliphatic heterocycles. The van der Waals surface area contributed by atoms with Gasteiger partial charge in [0.05, 0.1) is 5.56 Å². The quantitative estimate of drug-likeness (QED) is 0.844. The van der Waals surface area contributed by atoms with Crippen LogP contribution >= 0.6 is 15.9 Å². The lowest BCUT2D eigenvalue weighted by molar-refractivity contribution is 0.0696. The average molecular weight is 271 g/mol. The number of hydrogen-bond donors (Lipinski definition) is 1. The van der Waals surface area contributed by atoms with Crippen molar-refractivity contribution in [1.82, 2.24) is 0 Å². The van der Waals surface area contributed by atoms with Crippen molar-refractivity contribution in [1.29, 1.82) is 0 Å². The van der Waals surface area contributed by atoms with E-state index in [0.29, 0.717) is 5.56 Å². The first kappa shape index (κ1) is 12.2. The van der Waals surface area contributed by atoms with E-state index in [1.165, 1.54) is 0 Å². The summed E-state index contributed by atoms with van der Waals surface area (Å²) < 4.78 is 0.854. The van der Waals surface area contributed by atoms with Crippen molar-refractivity contribution in [3.63, 3.8) is 0 Å². The van der Waals surface area contributed by atoms with Gasteiger partial charge in [-0.1, -0.05) is 36.7 Å². The third-order valence-electron chi connectivity index (χ3n) is 2.44. The van der Waals surface area contributed by atoms with Crippen molar-refractivity contribution < 1.29 is 9.90 Å². The number of benzene rings is 1. The van der Waals surface area contributed by atoms with Gasteiger partial charge < -0.3 is 5.11 Å². The fraction of sp³-hybridized carbons (Fsp3) is 0.417. The van der Waals surface area contributed by atoms with Crippen molar-refractivity contribution in [2.75, 3.05) is 0 Å². The van der Waals surface area contributed by atoms with Gasteiger partial charge in [-0.05, 0) is 35.6 Å². The van der Waals surface area contributed by atoms with Gasteiger partial charge in [0.15, 0.2) is 0 Å². The predicted octanol–water partition coefficient (Wildman–Crippen LogP) is 3.75. The smallest absolute Gasteiger partial charge is 0.336 e. The van der Waals surface area contributed by atoms with Crippen LogP contribution in [0.15, 0.2) is 16.6 Å². The lowest BCUT2D eigenvalue weighted by atomic mass is 9.85. The Balaban J connectivity index is 3.43. The summed E-state index contributed by atoms with van der Waals surface area (Å²) in [4.78, 5) is 11.0. The van der Waals surface area contributed by atoms with Crippen LogP contribution in [0.25, 0.3) is 0 Å². The summed E-state index contributed by atoms with van der Waals surface area (Å²) in [6, 6.07) is 3.74. The molecule has 0 aromatic heterocycles. The van der Waals surface area contributed by atoms with Gasteiger partial charge in [-0.3, -0.25) is 0 Å². The van der Waals surface area contributed by atoms with E-state index in [2.05, 4.69) is 36.7 Å². The zero-order valence-electron chi connectivity index (χ0n) is 9.39. The minimum absolute atomic E-state index is 0.0413. The first-order valence-corrected chi connectivity index (χ1v) is 5.56. The Morgan fingerprint density at radius 2 is 1.87 bits per heavy atom. The first-order valence-electron chi connectivity index (χ1n) is 4.77. The maximum absolute atomic E-state index is 11.0. The molecule has 0 saturated carbocycles. The molecule has 3 heteroatoms. The Morgan fingerprint density at radius 1 is 1.33 bits per heavy atom. The van der Waals surface area contributed by atoms with Crippen LogP contribution in [0.2, 0.25) is 0 Å². The first-order chi connectivity index (χ1) is 6.73. The summed E-state index contributed by atoms with van der Waals surface area (Å²) in [6.45, 7) is 8.00. The molecule has 0 amide bonds. The lowest BCUT2D eigenvalue weighted by Crippen LogP contribution is -2.13. The van der Waals surface area contributed by atoms with Crippen molar-refractivity contribution >= 4 is 21.9 Å². The van der Waals surface area contributed by atoms with Gasteiger partial charge in [0.1, 0.15) is 0 Å². The maximum atomic E-state index is 11.0. The zero-order valence-corrected chi connectivity index (χ0v) is 11.0.